The quantitative estimate of drug-likeness (QED) is 0.768. The van der Waals surface area contributed by atoms with E-state index in [1.807, 2.05) is 32.1 Å². The van der Waals surface area contributed by atoms with Gasteiger partial charge in [0.15, 0.2) is 0 Å². The van der Waals surface area contributed by atoms with Gasteiger partial charge in [0.05, 0.1) is 0 Å². The molecule has 0 atom stereocenters. The van der Waals surface area contributed by atoms with Gasteiger partial charge < -0.3 is 10.2 Å². The molecule has 0 bridgehead atoms. The van der Waals surface area contributed by atoms with Crippen LogP contribution in [0.2, 0.25) is 0 Å². The minimum absolute atomic E-state index is 0.146. The van der Waals surface area contributed by atoms with E-state index in [0.717, 1.165) is 11.3 Å². The summed E-state index contributed by atoms with van der Waals surface area (Å²) < 4.78 is 13.2. The summed E-state index contributed by atoms with van der Waals surface area (Å²) in [7, 11) is 5.67. The van der Waals surface area contributed by atoms with Crippen molar-refractivity contribution in [3.05, 3.63) is 29.6 Å². The lowest BCUT2D eigenvalue weighted by Crippen LogP contribution is -2.12. The van der Waals surface area contributed by atoms with Gasteiger partial charge in [-0.25, -0.2) is 4.39 Å². The Hall–Kier alpha value is -1.09. The number of rotatable bonds is 3. The molecule has 0 unspecified atom stereocenters. The Morgan fingerprint density at radius 1 is 1.38 bits per heavy atom. The van der Waals surface area contributed by atoms with Crippen LogP contribution < -0.4 is 5.32 Å². The predicted molar refractivity (Wildman–Crippen MR) is 53.3 cm³/mol. The van der Waals surface area contributed by atoms with Gasteiger partial charge in [-0.2, -0.15) is 0 Å². The van der Waals surface area contributed by atoms with Crippen molar-refractivity contribution in [2.75, 3.05) is 26.5 Å². The highest BCUT2D eigenvalue weighted by molar-refractivity contribution is 5.45. The van der Waals surface area contributed by atoms with Crippen LogP contribution in [0.3, 0.4) is 0 Å². The predicted octanol–water partition coefficient (Wildman–Crippen LogP) is 1.93. The molecule has 1 aromatic rings. The second-order valence-electron chi connectivity index (χ2n) is 3.29. The van der Waals surface area contributed by atoms with Crippen molar-refractivity contribution in [2.45, 2.75) is 6.54 Å². The number of nitrogens with zero attached hydrogens (tertiary/aromatic N) is 1. The van der Waals surface area contributed by atoms with Gasteiger partial charge >= 0.3 is 0 Å². The van der Waals surface area contributed by atoms with Crippen molar-refractivity contribution in [3.8, 4) is 0 Å². The molecule has 0 radical (unpaired) electrons. The van der Waals surface area contributed by atoms with Crippen molar-refractivity contribution in [1.82, 2.24) is 4.90 Å². The Bertz CT molecular complexity index is 284. The second-order valence-corrected chi connectivity index (χ2v) is 3.29. The standard InChI is InChI=1S/C10H15FN2/c1-12-9-4-5-10(11)8(6-9)7-13(2)3/h4-6,12H,7H2,1-3H3. The first-order valence-corrected chi connectivity index (χ1v) is 4.24. The summed E-state index contributed by atoms with van der Waals surface area (Å²) in [6, 6.07) is 5.05. The maximum atomic E-state index is 13.2. The third kappa shape index (κ3) is 2.70. The molecule has 0 fully saturated rings. The molecule has 0 aliphatic heterocycles. The van der Waals surface area contributed by atoms with E-state index in [4.69, 9.17) is 0 Å². The number of halogens is 1. The van der Waals surface area contributed by atoms with Crippen molar-refractivity contribution in [1.29, 1.82) is 0 Å². The van der Waals surface area contributed by atoms with Crippen LogP contribution >= 0.6 is 0 Å². The molecule has 0 spiro atoms. The topological polar surface area (TPSA) is 15.3 Å². The van der Waals surface area contributed by atoms with Crippen LogP contribution in [0.4, 0.5) is 10.1 Å². The lowest BCUT2D eigenvalue weighted by molar-refractivity contribution is 0.392. The van der Waals surface area contributed by atoms with Gasteiger partial charge in [-0.15, -0.1) is 0 Å². The molecule has 1 N–H and O–H groups in total. The zero-order valence-electron chi connectivity index (χ0n) is 8.26. The van der Waals surface area contributed by atoms with Gasteiger partial charge in [0.25, 0.3) is 0 Å². The highest BCUT2D eigenvalue weighted by atomic mass is 19.1. The number of nitrogens with one attached hydrogen (secondary N) is 1. The fraction of sp³-hybridized carbons (Fsp3) is 0.400. The number of hydrogen-bond acceptors (Lipinski definition) is 2. The van der Waals surface area contributed by atoms with Crippen LogP contribution in [0.25, 0.3) is 0 Å². The molecule has 0 saturated heterocycles. The normalized spacial score (nSPS) is 10.5. The van der Waals surface area contributed by atoms with Gasteiger partial charge in [0, 0.05) is 24.8 Å². The minimum Gasteiger partial charge on any atom is -0.388 e. The number of anilines is 1. The first kappa shape index (κ1) is 9.99. The van der Waals surface area contributed by atoms with E-state index < -0.39 is 0 Å². The minimum atomic E-state index is -0.146. The molecule has 0 aliphatic carbocycles. The van der Waals surface area contributed by atoms with Crippen LogP contribution in [0.15, 0.2) is 18.2 Å². The Kier molecular flexibility index (Phi) is 3.25. The SMILES string of the molecule is CNc1ccc(F)c(CN(C)C)c1. The molecule has 13 heavy (non-hydrogen) atoms. The molecule has 3 heteroatoms. The fourth-order valence-electron chi connectivity index (χ4n) is 1.19. The summed E-state index contributed by atoms with van der Waals surface area (Å²) in [6.45, 7) is 0.626. The Morgan fingerprint density at radius 3 is 2.62 bits per heavy atom. The van der Waals surface area contributed by atoms with Gasteiger partial charge in [0.1, 0.15) is 5.82 Å². The van der Waals surface area contributed by atoms with Crippen LogP contribution in [-0.4, -0.2) is 26.0 Å². The fourth-order valence-corrected chi connectivity index (χ4v) is 1.19. The molecule has 2 nitrogen and oxygen atoms in total. The van der Waals surface area contributed by atoms with E-state index >= 15 is 0 Å². The average Bonchev–Trinajstić information content (AvgIpc) is 2.08. The molecule has 0 heterocycles. The summed E-state index contributed by atoms with van der Waals surface area (Å²) in [5.41, 5.74) is 1.66. The Balaban J connectivity index is 2.90. The van der Waals surface area contributed by atoms with E-state index in [2.05, 4.69) is 5.32 Å². The van der Waals surface area contributed by atoms with E-state index in [-0.39, 0.29) is 5.82 Å². The van der Waals surface area contributed by atoms with E-state index in [1.165, 1.54) is 6.07 Å². The van der Waals surface area contributed by atoms with E-state index in [9.17, 15) is 4.39 Å². The van der Waals surface area contributed by atoms with Crippen molar-refractivity contribution in [2.24, 2.45) is 0 Å². The summed E-state index contributed by atoms with van der Waals surface area (Å²) in [6.07, 6.45) is 0. The molecule has 72 valence electrons. The summed E-state index contributed by atoms with van der Waals surface area (Å²) in [4.78, 5) is 1.94. The van der Waals surface area contributed by atoms with Gasteiger partial charge in [-0.05, 0) is 32.3 Å². The molecular weight excluding hydrogens is 167 g/mol. The van der Waals surface area contributed by atoms with Gasteiger partial charge in [-0.1, -0.05) is 0 Å². The largest absolute Gasteiger partial charge is 0.388 e. The van der Waals surface area contributed by atoms with Crippen LogP contribution in [-0.2, 0) is 6.54 Å². The number of benzene rings is 1. The van der Waals surface area contributed by atoms with E-state index in [0.29, 0.717) is 6.54 Å². The third-order valence-electron chi connectivity index (χ3n) is 1.82. The van der Waals surface area contributed by atoms with Crippen LogP contribution in [0, 0.1) is 5.82 Å². The zero-order valence-corrected chi connectivity index (χ0v) is 8.26. The van der Waals surface area contributed by atoms with Crippen LogP contribution in [0.1, 0.15) is 5.56 Å². The van der Waals surface area contributed by atoms with Gasteiger partial charge in [-0.3, -0.25) is 0 Å². The molecule has 0 aliphatic rings. The maximum absolute atomic E-state index is 13.2. The maximum Gasteiger partial charge on any atom is 0.127 e. The van der Waals surface area contributed by atoms with Gasteiger partial charge in [0.2, 0.25) is 0 Å². The molecule has 0 aromatic heterocycles. The summed E-state index contributed by atoms with van der Waals surface area (Å²) >= 11 is 0. The van der Waals surface area contributed by atoms with Crippen molar-refractivity contribution < 1.29 is 4.39 Å². The molecule has 1 aromatic carbocycles. The zero-order chi connectivity index (χ0) is 9.84. The first-order chi connectivity index (χ1) is 6.13. The average molecular weight is 182 g/mol. The van der Waals surface area contributed by atoms with Crippen molar-refractivity contribution >= 4 is 5.69 Å². The molecule has 0 saturated carbocycles. The molecule has 1 rings (SSSR count). The highest BCUT2D eigenvalue weighted by Gasteiger charge is 2.03. The third-order valence-corrected chi connectivity index (χ3v) is 1.82. The van der Waals surface area contributed by atoms with Crippen LogP contribution in [0.5, 0.6) is 0 Å². The smallest absolute Gasteiger partial charge is 0.127 e. The first-order valence-electron chi connectivity index (χ1n) is 4.24. The highest BCUT2D eigenvalue weighted by Crippen LogP contribution is 2.15. The number of hydrogen-bond donors (Lipinski definition) is 1. The summed E-state index contributed by atoms with van der Waals surface area (Å²) in [5, 5.41) is 2.98. The second kappa shape index (κ2) is 4.23. The monoisotopic (exact) mass is 182 g/mol. The lowest BCUT2D eigenvalue weighted by atomic mass is 10.2. The Labute approximate surface area is 78.4 Å². The molecular formula is C10H15FN2. The lowest BCUT2D eigenvalue weighted by Gasteiger charge is -2.11. The van der Waals surface area contributed by atoms with E-state index in [1.54, 1.807) is 6.07 Å². The summed E-state index contributed by atoms with van der Waals surface area (Å²) in [5.74, 6) is -0.146. The molecule has 0 amide bonds. The Morgan fingerprint density at radius 2 is 2.08 bits per heavy atom. The van der Waals surface area contributed by atoms with Crippen molar-refractivity contribution in [3.63, 3.8) is 0 Å².